The summed E-state index contributed by atoms with van der Waals surface area (Å²) < 4.78 is 57.3. The van der Waals surface area contributed by atoms with Crippen molar-refractivity contribution in [2.75, 3.05) is 17.8 Å². The molecule has 2 aromatic carbocycles. The van der Waals surface area contributed by atoms with E-state index in [9.17, 15) is 26.8 Å². The monoisotopic (exact) mass is 544 g/mol. The molecule has 1 aromatic heterocycles. The number of ketones is 1. The molecule has 0 amide bonds. The third kappa shape index (κ3) is 5.68. The highest BCUT2D eigenvalue weighted by Crippen LogP contribution is 2.29. The molecular formula is C26H30N3O6S2+. The van der Waals surface area contributed by atoms with Gasteiger partial charge in [0.15, 0.2) is 5.78 Å². The van der Waals surface area contributed by atoms with Crippen molar-refractivity contribution in [3.63, 3.8) is 0 Å². The van der Waals surface area contributed by atoms with Crippen molar-refractivity contribution in [1.29, 1.82) is 0 Å². The van der Waals surface area contributed by atoms with E-state index in [1.54, 1.807) is 12.1 Å². The molecule has 0 spiro atoms. The first kappa shape index (κ1) is 26.8. The molecule has 1 fully saturated rings. The Kier molecular flexibility index (Phi) is 7.15. The van der Waals surface area contributed by atoms with Gasteiger partial charge in [0, 0.05) is 41.1 Å². The molecule has 1 aliphatic heterocycles. The highest BCUT2D eigenvalue weighted by molar-refractivity contribution is 7.92. The molecular weight excluding hydrogens is 514 g/mol. The van der Waals surface area contributed by atoms with Gasteiger partial charge in [-0.15, -0.1) is 0 Å². The second kappa shape index (κ2) is 9.88. The summed E-state index contributed by atoms with van der Waals surface area (Å²) in [4.78, 5) is 13.3. The first-order valence-electron chi connectivity index (χ1n) is 11.8. The van der Waals surface area contributed by atoms with Crippen LogP contribution in [0.5, 0.6) is 0 Å². The van der Waals surface area contributed by atoms with Crippen molar-refractivity contribution >= 4 is 31.5 Å². The van der Waals surface area contributed by atoms with Crippen molar-refractivity contribution < 1.29 is 31.6 Å². The van der Waals surface area contributed by atoms with Crippen LogP contribution in [0.25, 0.3) is 0 Å². The molecule has 0 saturated carbocycles. The number of rotatable bonds is 7. The smallest absolute Gasteiger partial charge is 0.261 e. The zero-order valence-corrected chi connectivity index (χ0v) is 22.5. The Labute approximate surface area is 217 Å². The Morgan fingerprint density at radius 3 is 2.03 bits per heavy atom. The molecule has 9 nitrogen and oxygen atoms in total. The molecule has 0 aliphatic carbocycles. The minimum atomic E-state index is -4.09. The number of pyridine rings is 1. The first-order valence-corrected chi connectivity index (χ1v) is 14.7. The van der Waals surface area contributed by atoms with Crippen molar-refractivity contribution in [2.24, 2.45) is 0 Å². The van der Waals surface area contributed by atoms with Crippen molar-refractivity contribution in [3.05, 3.63) is 83.7 Å². The number of anilines is 1. The molecule has 0 unspecified atom stereocenters. The van der Waals surface area contributed by atoms with Crippen LogP contribution in [0.4, 0.5) is 5.69 Å². The Balaban J connectivity index is 1.76. The Morgan fingerprint density at radius 1 is 0.892 bits per heavy atom. The molecule has 0 atom stereocenters. The number of hydrogen-bond donors (Lipinski definition) is 2. The van der Waals surface area contributed by atoms with Crippen LogP contribution in [0.1, 0.15) is 55.1 Å². The van der Waals surface area contributed by atoms with E-state index in [-0.39, 0.29) is 32.0 Å². The predicted octanol–water partition coefficient (Wildman–Crippen LogP) is 3.33. The molecule has 11 heteroatoms. The quantitative estimate of drug-likeness (QED) is 0.267. The summed E-state index contributed by atoms with van der Waals surface area (Å²) in [5.74, 6) is -0.597. The number of benzene rings is 2. The van der Waals surface area contributed by atoms with Crippen LogP contribution in [0, 0.1) is 0 Å². The average Bonchev–Trinajstić information content (AvgIpc) is 3.40. The first-order chi connectivity index (χ1) is 17.3. The second-order valence-electron chi connectivity index (χ2n) is 9.99. The molecule has 196 valence electrons. The summed E-state index contributed by atoms with van der Waals surface area (Å²) in [5.41, 5.74) is 0.783. The normalized spacial score (nSPS) is 15.0. The summed E-state index contributed by atoms with van der Waals surface area (Å²) in [7, 11) is -7.95. The molecule has 0 bridgehead atoms. The summed E-state index contributed by atoms with van der Waals surface area (Å²) in [6, 6.07) is 13.0. The second-order valence-corrected chi connectivity index (χ2v) is 13.6. The summed E-state index contributed by atoms with van der Waals surface area (Å²) >= 11 is 0. The van der Waals surface area contributed by atoms with Gasteiger partial charge < -0.3 is 0 Å². The van der Waals surface area contributed by atoms with Gasteiger partial charge in [-0.05, 0) is 54.2 Å². The number of carbonyl (C=O) groups is 1. The lowest BCUT2D eigenvalue weighted by Gasteiger charge is -2.20. The fourth-order valence-electron chi connectivity index (χ4n) is 4.10. The molecule has 37 heavy (non-hydrogen) atoms. The van der Waals surface area contributed by atoms with Crippen LogP contribution in [0.2, 0.25) is 0 Å². The van der Waals surface area contributed by atoms with E-state index < -0.39 is 25.8 Å². The molecule has 3 aromatic rings. The predicted molar refractivity (Wildman–Crippen MR) is 138 cm³/mol. The minimum absolute atomic E-state index is 0.00805. The number of carbonyl (C=O) groups excluding carboxylic acids is 1. The van der Waals surface area contributed by atoms with Crippen LogP contribution in [0.15, 0.2) is 76.8 Å². The van der Waals surface area contributed by atoms with E-state index in [1.807, 2.05) is 20.8 Å². The SMILES string of the molecule is CC(C)(C)c1ccc(S(=O)(=O)Nc2ccc(S(=O)(=O)N3CCCC3)cc2C(=O)c2cc[n+](O)cc2)cc1. The molecule has 0 radical (unpaired) electrons. The van der Waals surface area contributed by atoms with Gasteiger partial charge >= 0.3 is 0 Å². The van der Waals surface area contributed by atoms with E-state index in [4.69, 9.17) is 0 Å². The van der Waals surface area contributed by atoms with Gasteiger partial charge in [0.05, 0.1) is 15.5 Å². The average molecular weight is 545 g/mol. The van der Waals surface area contributed by atoms with Gasteiger partial charge in [-0.1, -0.05) is 32.9 Å². The number of nitrogens with one attached hydrogen (secondary N) is 1. The van der Waals surface area contributed by atoms with E-state index in [0.29, 0.717) is 13.1 Å². The summed E-state index contributed by atoms with van der Waals surface area (Å²) in [5, 5.41) is 9.51. The standard InChI is InChI=1S/C26H29N3O6S2/c1-26(2,3)20-6-8-21(9-7-20)36(32,33)27-24-11-10-22(37(34,35)29-14-4-5-15-29)18-23(24)25(30)19-12-16-28(31)17-13-19/h6-13,16-18H,4-5,14-15H2,1-3H3,(H-,27,30,31)/p+1. The molecule has 1 saturated heterocycles. The number of sulfonamides is 2. The van der Waals surface area contributed by atoms with E-state index >= 15 is 0 Å². The lowest BCUT2D eigenvalue weighted by Crippen LogP contribution is -2.29. The van der Waals surface area contributed by atoms with Gasteiger partial charge in [0.1, 0.15) is 0 Å². The number of nitrogens with zero attached hydrogens (tertiary/aromatic N) is 2. The third-order valence-electron chi connectivity index (χ3n) is 6.29. The Bertz CT molecular complexity index is 1520. The summed E-state index contributed by atoms with van der Waals surface area (Å²) in [6.45, 7) is 6.84. The van der Waals surface area contributed by atoms with E-state index in [1.165, 1.54) is 59.2 Å². The van der Waals surface area contributed by atoms with Gasteiger partial charge in [0.25, 0.3) is 10.0 Å². The van der Waals surface area contributed by atoms with Crippen molar-refractivity contribution in [3.8, 4) is 0 Å². The van der Waals surface area contributed by atoms with E-state index in [2.05, 4.69) is 4.72 Å². The van der Waals surface area contributed by atoms with Gasteiger partial charge in [-0.3, -0.25) is 14.7 Å². The Morgan fingerprint density at radius 2 is 1.46 bits per heavy atom. The highest BCUT2D eigenvalue weighted by atomic mass is 32.2. The zero-order chi connectivity index (χ0) is 27.0. The van der Waals surface area contributed by atoms with Crippen LogP contribution >= 0.6 is 0 Å². The molecule has 1 aliphatic rings. The van der Waals surface area contributed by atoms with Gasteiger partial charge in [-0.2, -0.15) is 4.31 Å². The lowest BCUT2D eigenvalue weighted by molar-refractivity contribution is -0.904. The van der Waals surface area contributed by atoms with Crippen molar-refractivity contribution in [1.82, 2.24) is 4.31 Å². The van der Waals surface area contributed by atoms with Crippen molar-refractivity contribution in [2.45, 2.75) is 48.8 Å². The molecule has 4 rings (SSSR count). The van der Waals surface area contributed by atoms with Crippen LogP contribution in [-0.4, -0.2) is 45.2 Å². The van der Waals surface area contributed by atoms with Crippen LogP contribution < -0.4 is 9.45 Å². The maximum atomic E-state index is 13.4. The third-order valence-corrected chi connectivity index (χ3v) is 9.57. The number of hydrogen-bond acceptors (Lipinski definition) is 6. The zero-order valence-electron chi connectivity index (χ0n) is 20.9. The highest BCUT2D eigenvalue weighted by Gasteiger charge is 2.29. The van der Waals surface area contributed by atoms with Crippen LogP contribution in [-0.2, 0) is 25.5 Å². The fourth-order valence-corrected chi connectivity index (χ4v) is 6.73. The number of aromatic nitrogens is 1. The lowest BCUT2D eigenvalue weighted by atomic mass is 9.87. The molecule has 2 N–H and O–H groups in total. The largest absolute Gasteiger partial charge is 0.289 e. The fraction of sp³-hybridized carbons (Fsp3) is 0.308. The minimum Gasteiger partial charge on any atom is -0.289 e. The summed E-state index contributed by atoms with van der Waals surface area (Å²) in [6.07, 6.45) is 4.00. The van der Waals surface area contributed by atoms with Crippen LogP contribution in [0.3, 0.4) is 0 Å². The molecule has 2 heterocycles. The topological polar surface area (TPSA) is 125 Å². The van der Waals surface area contributed by atoms with E-state index in [0.717, 1.165) is 23.1 Å². The maximum absolute atomic E-state index is 13.4. The Hall–Kier alpha value is -3.28. The maximum Gasteiger partial charge on any atom is 0.261 e. The van der Waals surface area contributed by atoms with Gasteiger partial charge in [-0.25, -0.2) is 16.8 Å². The van der Waals surface area contributed by atoms with Gasteiger partial charge in [0.2, 0.25) is 22.4 Å².